The molecule has 1 aromatic carbocycles. The number of methoxy groups -OCH3 is 1. The Balaban J connectivity index is 1.87. The Bertz CT molecular complexity index is 618. The van der Waals surface area contributed by atoms with E-state index in [0.29, 0.717) is 5.92 Å². The van der Waals surface area contributed by atoms with Gasteiger partial charge in [-0.25, -0.2) is 0 Å². The van der Waals surface area contributed by atoms with E-state index in [-0.39, 0.29) is 23.6 Å². The Hall–Kier alpha value is -1.55. The van der Waals surface area contributed by atoms with E-state index >= 15 is 0 Å². The number of carbonyl (C=O) groups excluding carboxylic acids is 1. The van der Waals surface area contributed by atoms with Gasteiger partial charge < -0.3 is 14.2 Å². The van der Waals surface area contributed by atoms with Crippen molar-refractivity contribution in [3.63, 3.8) is 0 Å². The maximum absolute atomic E-state index is 11.8. The lowest BCUT2D eigenvalue weighted by Crippen LogP contribution is -2.65. The molecule has 0 amide bonds. The van der Waals surface area contributed by atoms with Gasteiger partial charge in [0, 0.05) is 6.92 Å². The third kappa shape index (κ3) is 2.92. The summed E-state index contributed by atoms with van der Waals surface area (Å²) in [4.78, 5) is 11.8. The predicted molar refractivity (Wildman–Crippen MR) is 91.9 cm³/mol. The molecular formula is C20H28O4. The zero-order valence-corrected chi connectivity index (χ0v) is 15.3. The molecule has 0 N–H and O–H groups in total. The van der Waals surface area contributed by atoms with Gasteiger partial charge in [0.05, 0.1) is 7.11 Å². The molecule has 0 aromatic heterocycles. The minimum atomic E-state index is -0.528. The summed E-state index contributed by atoms with van der Waals surface area (Å²) < 4.78 is 17.4. The van der Waals surface area contributed by atoms with Gasteiger partial charge in [0.25, 0.3) is 0 Å². The van der Waals surface area contributed by atoms with Gasteiger partial charge in [-0.3, -0.25) is 4.79 Å². The molecule has 1 aromatic rings. The van der Waals surface area contributed by atoms with Crippen LogP contribution < -0.4 is 4.74 Å². The number of benzene rings is 1. The largest absolute Gasteiger partial charge is 0.497 e. The Morgan fingerprint density at radius 3 is 2.67 bits per heavy atom. The van der Waals surface area contributed by atoms with Gasteiger partial charge in [-0.05, 0) is 48.3 Å². The summed E-state index contributed by atoms with van der Waals surface area (Å²) in [6, 6.07) is 7.86. The van der Waals surface area contributed by atoms with E-state index in [2.05, 4.69) is 20.8 Å². The lowest BCUT2D eigenvalue weighted by atomic mass is 9.62. The van der Waals surface area contributed by atoms with Crippen LogP contribution in [0.25, 0.3) is 0 Å². The van der Waals surface area contributed by atoms with Crippen LogP contribution in [0.5, 0.6) is 5.75 Å². The third-order valence-electron chi connectivity index (χ3n) is 5.63. The van der Waals surface area contributed by atoms with Crippen molar-refractivity contribution < 1.29 is 19.0 Å². The van der Waals surface area contributed by atoms with Crippen molar-refractivity contribution in [2.24, 2.45) is 11.3 Å². The molecule has 1 saturated heterocycles. The first-order valence-corrected chi connectivity index (χ1v) is 8.75. The summed E-state index contributed by atoms with van der Waals surface area (Å²) in [5.41, 5.74) is 0.730. The molecule has 0 unspecified atom stereocenters. The fraction of sp³-hybridized carbons (Fsp3) is 0.650. The van der Waals surface area contributed by atoms with Crippen molar-refractivity contribution in [2.45, 2.75) is 64.8 Å². The van der Waals surface area contributed by atoms with Crippen LogP contribution in [0.2, 0.25) is 0 Å². The number of hydrogen-bond acceptors (Lipinski definition) is 4. The Morgan fingerprint density at radius 1 is 1.33 bits per heavy atom. The predicted octanol–water partition coefficient (Wildman–Crippen LogP) is 4.28. The van der Waals surface area contributed by atoms with E-state index in [1.807, 2.05) is 24.3 Å². The van der Waals surface area contributed by atoms with Gasteiger partial charge in [0.15, 0.2) is 5.60 Å². The summed E-state index contributed by atoms with van der Waals surface area (Å²) in [5, 5.41) is 0. The molecule has 132 valence electrons. The molecule has 4 atom stereocenters. The second kappa shape index (κ2) is 6.07. The van der Waals surface area contributed by atoms with Crippen molar-refractivity contribution in [2.75, 3.05) is 7.11 Å². The standard InChI is InChI=1S/C20H28O4/c1-13(21)24-20-10-9-15(19(2,3)4)12-17(20)23-18(20)14-7-6-8-16(11-14)22-5/h6-8,11,15,17-18H,9-10,12H2,1-5H3/t15-,17-,18-,20-/m1/s1. The highest BCUT2D eigenvalue weighted by Crippen LogP contribution is 2.57. The first-order chi connectivity index (χ1) is 11.3. The highest BCUT2D eigenvalue weighted by Gasteiger charge is 2.63. The minimum absolute atomic E-state index is 0.0180. The van der Waals surface area contributed by atoms with Crippen molar-refractivity contribution in [3.05, 3.63) is 29.8 Å². The molecule has 1 aliphatic heterocycles. The van der Waals surface area contributed by atoms with E-state index in [4.69, 9.17) is 14.2 Å². The normalized spacial score (nSPS) is 32.5. The zero-order chi connectivity index (χ0) is 17.5. The van der Waals surface area contributed by atoms with E-state index < -0.39 is 5.60 Å². The Kier molecular flexibility index (Phi) is 4.37. The number of fused-ring (bicyclic) bond motifs is 1. The van der Waals surface area contributed by atoms with Crippen LogP contribution in [0.15, 0.2) is 24.3 Å². The van der Waals surface area contributed by atoms with Gasteiger partial charge in [0.2, 0.25) is 0 Å². The lowest BCUT2D eigenvalue weighted by Gasteiger charge is -2.59. The molecule has 3 rings (SSSR count). The van der Waals surface area contributed by atoms with Crippen LogP contribution in [0.1, 0.15) is 58.6 Å². The van der Waals surface area contributed by atoms with Gasteiger partial charge in [-0.15, -0.1) is 0 Å². The zero-order valence-electron chi connectivity index (χ0n) is 15.3. The number of esters is 1. The van der Waals surface area contributed by atoms with E-state index in [9.17, 15) is 4.79 Å². The smallest absolute Gasteiger partial charge is 0.303 e. The quantitative estimate of drug-likeness (QED) is 0.775. The SMILES string of the molecule is COc1cccc([C@H]2O[C@@H]3C[C@H](C(C)(C)C)CC[C@]23OC(C)=O)c1. The molecule has 0 spiro atoms. The van der Waals surface area contributed by atoms with Gasteiger partial charge in [0.1, 0.15) is 18.0 Å². The first-order valence-electron chi connectivity index (χ1n) is 8.75. The first kappa shape index (κ1) is 17.3. The molecule has 4 heteroatoms. The van der Waals surface area contributed by atoms with Crippen molar-refractivity contribution in [1.82, 2.24) is 0 Å². The summed E-state index contributed by atoms with van der Waals surface area (Å²) >= 11 is 0. The second-order valence-electron chi connectivity index (χ2n) is 8.17. The van der Waals surface area contributed by atoms with Crippen molar-refractivity contribution in [3.8, 4) is 5.75 Å². The van der Waals surface area contributed by atoms with Gasteiger partial charge in [-0.1, -0.05) is 32.9 Å². The molecular weight excluding hydrogens is 304 g/mol. The molecule has 2 aliphatic rings. The van der Waals surface area contributed by atoms with Crippen LogP contribution in [-0.4, -0.2) is 24.8 Å². The molecule has 1 aliphatic carbocycles. The molecule has 1 saturated carbocycles. The van der Waals surface area contributed by atoms with Crippen LogP contribution >= 0.6 is 0 Å². The highest BCUT2D eigenvalue weighted by atomic mass is 16.6. The summed E-state index contributed by atoms with van der Waals surface area (Å²) in [6.45, 7) is 8.31. The number of rotatable bonds is 3. The summed E-state index contributed by atoms with van der Waals surface area (Å²) in [7, 11) is 1.65. The van der Waals surface area contributed by atoms with Crippen LogP contribution in [0, 0.1) is 11.3 Å². The molecule has 2 fully saturated rings. The molecule has 1 heterocycles. The molecule has 24 heavy (non-hydrogen) atoms. The topological polar surface area (TPSA) is 44.8 Å². The van der Waals surface area contributed by atoms with Crippen molar-refractivity contribution in [1.29, 1.82) is 0 Å². The average molecular weight is 332 g/mol. The number of carbonyl (C=O) groups is 1. The average Bonchev–Trinajstić information content (AvgIpc) is 2.49. The van der Waals surface area contributed by atoms with Crippen LogP contribution in [0.3, 0.4) is 0 Å². The van der Waals surface area contributed by atoms with E-state index in [1.54, 1.807) is 7.11 Å². The van der Waals surface area contributed by atoms with Crippen LogP contribution in [0.4, 0.5) is 0 Å². The number of hydrogen-bond donors (Lipinski definition) is 0. The summed E-state index contributed by atoms with van der Waals surface area (Å²) in [6.07, 6.45) is 2.62. The third-order valence-corrected chi connectivity index (χ3v) is 5.63. The number of ether oxygens (including phenoxy) is 3. The Morgan fingerprint density at radius 2 is 2.08 bits per heavy atom. The van der Waals surface area contributed by atoms with Crippen LogP contribution in [-0.2, 0) is 14.3 Å². The van der Waals surface area contributed by atoms with Crippen molar-refractivity contribution >= 4 is 5.97 Å². The molecule has 0 bridgehead atoms. The molecule has 0 radical (unpaired) electrons. The molecule has 4 nitrogen and oxygen atoms in total. The highest BCUT2D eigenvalue weighted by molar-refractivity contribution is 5.67. The lowest BCUT2D eigenvalue weighted by molar-refractivity contribution is -0.321. The maximum Gasteiger partial charge on any atom is 0.303 e. The second-order valence-corrected chi connectivity index (χ2v) is 8.17. The Labute approximate surface area is 144 Å². The monoisotopic (exact) mass is 332 g/mol. The van der Waals surface area contributed by atoms with E-state index in [1.165, 1.54) is 6.92 Å². The fourth-order valence-corrected chi connectivity index (χ4v) is 4.20. The maximum atomic E-state index is 11.8. The van der Waals surface area contributed by atoms with Gasteiger partial charge in [-0.2, -0.15) is 0 Å². The van der Waals surface area contributed by atoms with Gasteiger partial charge >= 0.3 is 5.97 Å². The summed E-state index contributed by atoms with van der Waals surface area (Å²) in [5.74, 6) is 1.14. The fourth-order valence-electron chi connectivity index (χ4n) is 4.20. The minimum Gasteiger partial charge on any atom is -0.497 e. The van der Waals surface area contributed by atoms with E-state index in [0.717, 1.165) is 30.6 Å².